The molecule has 0 unspecified atom stereocenters. The molecule has 0 fully saturated rings. The second kappa shape index (κ2) is 5.33. The number of ether oxygens (including phenoxy) is 1. The standard InChI is InChI=1S/C10H11F4NO2/c11-9(12)17-7-3-1-6(2-4-7)8(15)10(13,14)5-16/h1-4,8-9,16H,5,15H2/t8-/m1/s1. The zero-order valence-corrected chi connectivity index (χ0v) is 8.62. The highest BCUT2D eigenvalue weighted by Crippen LogP contribution is 2.29. The van der Waals surface area contributed by atoms with Gasteiger partial charge in [-0.25, -0.2) is 8.78 Å². The van der Waals surface area contributed by atoms with Crippen molar-refractivity contribution in [1.82, 2.24) is 0 Å². The van der Waals surface area contributed by atoms with Crippen LogP contribution in [0.3, 0.4) is 0 Å². The molecule has 1 aromatic carbocycles. The molecular weight excluding hydrogens is 242 g/mol. The van der Waals surface area contributed by atoms with Gasteiger partial charge < -0.3 is 15.6 Å². The van der Waals surface area contributed by atoms with E-state index in [2.05, 4.69) is 4.74 Å². The molecule has 0 saturated heterocycles. The topological polar surface area (TPSA) is 55.5 Å². The van der Waals surface area contributed by atoms with Crippen molar-refractivity contribution in [3.8, 4) is 5.75 Å². The molecule has 3 nitrogen and oxygen atoms in total. The van der Waals surface area contributed by atoms with Crippen LogP contribution in [0.5, 0.6) is 5.75 Å². The minimum absolute atomic E-state index is 0.0191. The maximum atomic E-state index is 13.0. The molecule has 1 aromatic rings. The van der Waals surface area contributed by atoms with Crippen LogP contribution in [0.15, 0.2) is 24.3 Å². The number of hydrogen-bond donors (Lipinski definition) is 2. The van der Waals surface area contributed by atoms with Crippen molar-refractivity contribution < 1.29 is 27.4 Å². The van der Waals surface area contributed by atoms with Gasteiger partial charge in [-0.05, 0) is 17.7 Å². The normalized spacial score (nSPS) is 13.8. The van der Waals surface area contributed by atoms with E-state index >= 15 is 0 Å². The van der Waals surface area contributed by atoms with Crippen LogP contribution in [0.1, 0.15) is 11.6 Å². The van der Waals surface area contributed by atoms with Crippen molar-refractivity contribution in [2.45, 2.75) is 18.6 Å². The Labute approximate surface area is 94.8 Å². The van der Waals surface area contributed by atoms with Gasteiger partial charge in [0.2, 0.25) is 0 Å². The lowest BCUT2D eigenvalue weighted by atomic mass is 10.0. The largest absolute Gasteiger partial charge is 0.435 e. The van der Waals surface area contributed by atoms with Crippen molar-refractivity contribution in [1.29, 1.82) is 0 Å². The molecule has 1 rings (SSSR count). The van der Waals surface area contributed by atoms with Gasteiger partial charge in [-0.1, -0.05) is 12.1 Å². The average molecular weight is 253 g/mol. The third-order valence-electron chi connectivity index (χ3n) is 2.13. The number of nitrogens with two attached hydrogens (primary N) is 1. The first-order chi connectivity index (χ1) is 7.86. The number of aliphatic hydroxyl groups excluding tert-OH is 1. The van der Waals surface area contributed by atoms with Gasteiger partial charge in [-0.2, -0.15) is 8.78 Å². The summed E-state index contributed by atoms with van der Waals surface area (Å²) in [4.78, 5) is 0. The minimum atomic E-state index is -3.47. The molecule has 0 saturated carbocycles. The fourth-order valence-electron chi connectivity index (χ4n) is 1.20. The molecule has 0 bridgehead atoms. The summed E-state index contributed by atoms with van der Waals surface area (Å²) in [5.41, 5.74) is 5.25. The van der Waals surface area contributed by atoms with Gasteiger partial charge in [0.05, 0.1) is 6.04 Å². The van der Waals surface area contributed by atoms with Crippen LogP contribution in [-0.2, 0) is 0 Å². The second-order valence-corrected chi connectivity index (χ2v) is 3.34. The highest BCUT2D eigenvalue weighted by atomic mass is 19.3. The quantitative estimate of drug-likeness (QED) is 0.788. The number of rotatable bonds is 5. The van der Waals surface area contributed by atoms with E-state index in [0.29, 0.717) is 0 Å². The SMILES string of the molecule is N[C@H](c1ccc(OC(F)F)cc1)C(F)(F)CO. The highest BCUT2D eigenvalue weighted by molar-refractivity contribution is 5.30. The van der Waals surface area contributed by atoms with E-state index < -0.39 is 25.2 Å². The molecule has 0 spiro atoms. The first kappa shape index (κ1) is 13.7. The van der Waals surface area contributed by atoms with Crippen LogP contribution in [0, 0.1) is 0 Å². The van der Waals surface area contributed by atoms with Gasteiger partial charge in [0, 0.05) is 0 Å². The number of benzene rings is 1. The third kappa shape index (κ3) is 3.57. The lowest BCUT2D eigenvalue weighted by Gasteiger charge is -2.21. The first-order valence-corrected chi connectivity index (χ1v) is 4.66. The van der Waals surface area contributed by atoms with Crippen LogP contribution in [0.2, 0.25) is 0 Å². The number of hydrogen-bond acceptors (Lipinski definition) is 3. The zero-order chi connectivity index (χ0) is 13.1. The van der Waals surface area contributed by atoms with E-state index in [1.807, 2.05) is 0 Å². The molecule has 3 N–H and O–H groups in total. The van der Waals surface area contributed by atoms with Crippen molar-refractivity contribution in [3.63, 3.8) is 0 Å². The van der Waals surface area contributed by atoms with Crippen LogP contribution in [0.4, 0.5) is 17.6 Å². The summed E-state index contributed by atoms with van der Waals surface area (Å²) in [7, 11) is 0. The van der Waals surface area contributed by atoms with Crippen molar-refractivity contribution in [2.24, 2.45) is 5.73 Å². The lowest BCUT2D eigenvalue weighted by Crippen LogP contribution is -2.36. The maximum absolute atomic E-state index is 13.0. The monoisotopic (exact) mass is 253 g/mol. The maximum Gasteiger partial charge on any atom is 0.387 e. The van der Waals surface area contributed by atoms with E-state index in [4.69, 9.17) is 10.8 Å². The number of aliphatic hydroxyl groups is 1. The Bertz CT molecular complexity index is 356. The van der Waals surface area contributed by atoms with E-state index in [-0.39, 0.29) is 11.3 Å². The number of halogens is 4. The predicted molar refractivity (Wildman–Crippen MR) is 52.0 cm³/mol. The Morgan fingerprint density at radius 1 is 1.24 bits per heavy atom. The molecular formula is C10H11F4NO2. The average Bonchev–Trinajstić information content (AvgIpc) is 2.28. The summed E-state index contributed by atoms with van der Waals surface area (Å²) in [5.74, 6) is -3.62. The molecule has 17 heavy (non-hydrogen) atoms. The summed E-state index contributed by atoms with van der Waals surface area (Å²) in [6.45, 7) is -4.36. The van der Waals surface area contributed by atoms with Crippen LogP contribution >= 0.6 is 0 Å². The molecule has 0 aliphatic rings. The Kier molecular flexibility index (Phi) is 4.30. The lowest BCUT2D eigenvalue weighted by molar-refractivity contribution is -0.0713. The molecule has 0 aliphatic heterocycles. The van der Waals surface area contributed by atoms with Gasteiger partial charge in [-0.3, -0.25) is 0 Å². The van der Waals surface area contributed by atoms with Gasteiger partial charge in [0.1, 0.15) is 12.4 Å². The Balaban J connectivity index is 2.80. The zero-order valence-electron chi connectivity index (χ0n) is 8.62. The van der Waals surface area contributed by atoms with Crippen LogP contribution < -0.4 is 10.5 Å². The summed E-state index contributed by atoms with van der Waals surface area (Å²) in [6, 6.07) is 2.80. The first-order valence-electron chi connectivity index (χ1n) is 4.66. The van der Waals surface area contributed by atoms with E-state index in [9.17, 15) is 17.6 Å². The van der Waals surface area contributed by atoms with Crippen LogP contribution in [-0.4, -0.2) is 24.2 Å². The minimum Gasteiger partial charge on any atom is -0.435 e. The molecule has 0 radical (unpaired) electrons. The molecule has 0 amide bonds. The van der Waals surface area contributed by atoms with Crippen molar-refractivity contribution >= 4 is 0 Å². The fourth-order valence-corrected chi connectivity index (χ4v) is 1.20. The molecule has 0 aliphatic carbocycles. The Morgan fingerprint density at radius 3 is 2.18 bits per heavy atom. The molecule has 7 heteroatoms. The van der Waals surface area contributed by atoms with E-state index in [1.54, 1.807) is 0 Å². The number of alkyl halides is 4. The molecule has 0 heterocycles. The summed E-state index contributed by atoms with van der Waals surface area (Å²) in [5, 5.41) is 8.45. The fraction of sp³-hybridized carbons (Fsp3) is 0.400. The Morgan fingerprint density at radius 2 is 1.76 bits per heavy atom. The summed E-state index contributed by atoms with van der Waals surface area (Å²) < 4.78 is 53.7. The Hall–Kier alpha value is -1.34. The summed E-state index contributed by atoms with van der Waals surface area (Å²) in [6.07, 6.45) is 0. The summed E-state index contributed by atoms with van der Waals surface area (Å²) >= 11 is 0. The predicted octanol–water partition coefficient (Wildman–Crippen LogP) is 1.92. The van der Waals surface area contributed by atoms with Gasteiger partial charge in [-0.15, -0.1) is 0 Å². The third-order valence-corrected chi connectivity index (χ3v) is 2.13. The smallest absolute Gasteiger partial charge is 0.387 e. The van der Waals surface area contributed by atoms with Crippen LogP contribution in [0.25, 0.3) is 0 Å². The molecule has 1 atom stereocenters. The highest BCUT2D eigenvalue weighted by Gasteiger charge is 2.37. The van der Waals surface area contributed by atoms with Gasteiger partial charge in [0.25, 0.3) is 5.92 Å². The van der Waals surface area contributed by atoms with E-state index in [1.165, 1.54) is 0 Å². The van der Waals surface area contributed by atoms with Crippen molar-refractivity contribution in [3.05, 3.63) is 29.8 Å². The van der Waals surface area contributed by atoms with Gasteiger partial charge in [0.15, 0.2) is 0 Å². The van der Waals surface area contributed by atoms with Crippen molar-refractivity contribution in [2.75, 3.05) is 6.61 Å². The molecule has 0 aromatic heterocycles. The van der Waals surface area contributed by atoms with E-state index in [0.717, 1.165) is 24.3 Å². The van der Waals surface area contributed by atoms with Gasteiger partial charge >= 0.3 is 6.61 Å². The second-order valence-electron chi connectivity index (χ2n) is 3.34. The molecule has 96 valence electrons.